The van der Waals surface area contributed by atoms with Gasteiger partial charge in [0.15, 0.2) is 4.96 Å². The molecule has 130 valence electrons. The van der Waals surface area contributed by atoms with Crippen LogP contribution in [0.25, 0.3) is 16.2 Å². The number of fused-ring (bicyclic) bond motifs is 1. The van der Waals surface area contributed by atoms with Crippen molar-refractivity contribution in [2.45, 2.75) is 33.1 Å². The molecule has 0 spiro atoms. The Morgan fingerprint density at radius 1 is 1.24 bits per heavy atom. The molecule has 1 aliphatic rings. The van der Waals surface area contributed by atoms with Gasteiger partial charge < -0.3 is 4.90 Å². The molecule has 4 rings (SSSR count). The maximum atomic E-state index is 12.6. The third kappa shape index (κ3) is 3.33. The minimum atomic E-state index is 0.234. The van der Waals surface area contributed by atoms with Gasteiger partial charge in [0.05, 0.1) is 12.1 Å². The van der Waals surface area contributed by atoms with Crippen LogP contribution in [0.3, 0.4) is 0 Å². The summed E-state index contributed by atoms with van der Waals surface area (Å²) < 4.78 is 2.07. The highest BCUT2D eigenvalue weighted by atomic mass is 32.1. The van der Waals surface area contributed by atoms with E-state index in [0.29, 0.717) is 6.42 Å². The lowest BCUT2D eigenvalue weighted by molar-refractivity contribution is -0.131. The summed E-state index contributed by atoms with van der Waals surface area (Å²) in [4.78, 5) is 20.3. The Bertz CT molecular complexity index is 885. The van der Waals surface area contributed by atoms with Crippen LogP contribution in [-0.2, 0) is 11.2 Å². The van der Waals surface area contributed by atoms with E-state index in [1.54, 1.807) is 11.3 Å². The Balaban J connectivity index is 1.54. The molecule has 1 aromatic carbocycles. The first-order valence-corrected chi connectivity index (χ1v) is 9.78. The second-order valence-corrected chi connectivity index (χ2v) is 7.95. The van der Waals surface area contributed by atoms with Crippen molar-refractivity contribution >= 4 is 22.2 Å². The third-order valence-electron chi connectivity index (χ3n) is 5.10. The van der Waals surface area contributed by atoms with Gasteiger partial charge in [0.1, 0.15) is 0 Å². The zero-order valence-corrected chi connectivity index (χ0v) is 15.6. The first-order valence-electron chi connectivity index (χ1n) is 8.90. The largest absolute Gasteiger partial charge is 0.342 e. The van der Waals surface area contributed by atoms with E-state index < -0.39 is 0 Å². The molecule has 3 heterocycles. The number of piperidine rings is 1. The Kier molecular flexibility index (Phi) is 4.34. The molecule has 1 amide bonds. The molecule has 0 radical (unpaired) electrons. The number of benzene rings is 1. The fraction of sp³-hybridized carbons (Fsp3) is 0.400. The summed E-state index contributed by atoms with van der Waals surface area (Å²) in [7, 11) is 0. The number of aryl methyl sites for hydroxylation is 1. The number of hydrogen-bond acceptors (Lipinski definition) is 3. The van der Waals surface area contributed by atoms with E-state index in [1.807, 2.05) is 4.90 Å². The van der Waals surface area contributed by atoms with Crippen molar-refractivity contribution in [2.24, 2.45) is 5.92 Å². The molecule has 0 atom stereocenters. The minimum Gasteiger partial charge on any atom is -0.342 e. The van der Waals surface area contributed by atoms with Gasteiger partial charge in [0.2, 0.25) is 5.91 Å². The van der Waals surface area contributed by atoms with Gasteiger partial charge >= 0.3 is 0 Å². The maximum Gasteiger partial charge on any atom is 0.228 e. The van der Waals surface area contributed by atoms with Gasteiger partial charge in [-0.2, -0.15) is 0 Å². The number of thiazole rings is 1. The van der Waals surface area contributed by atoms with Crippen LogP contribution in [0.4, 0.5) is 0 Å². The lowest BCUT2D eigenvalue weighted by atomic mass is 9.99. The van der Waals surface area contributed by atoms with Crippen molar-refractivity contribution in [1.82, 2.24) is 14.3 Å². The molecule has 0 N–H and O–H groups in total. The number of aromatic nitrogens is 2. The summed E-state index contributed by atoms with van der Waals surface area (Å²) in [5.41, 5.74) is 4.36. The SMILES string of the molecule is Cc1ccc(-c2cn3c(CC(=O)N4CCC(C)CC4)csc3n2)cc1. The molecule has 25 heavy (non-hydrogen) atoms. The zero-order valence-electron chi connectivity index (χ0n) is 14.7. The summed E-state index contributed by atoms with van der Waals surface area (Å²) in [6.07, 6.45) is 4.75. The van der Waals surface area contributed by atoms with Crippen LogP contribution < -0.4 is 0 Å². The number of hydrogen-bond donors (Lipinski definition) is 0. The van der Waals surface area contributed by atoms with Gasteiger partial charge in [0.25, 0.3) is 0 Å². The molecule has 1 aliphatic heterocycles. The topological polar surface area (TPSA) is 37.6 Å². The minimum absolute atomic E-state index is 0.234. The van der Waals surface area contributed by atoms with Gasteiger partial charge in [-0.05, 0) is 25.7 Å². The number of carbonyl (C=O) groups is 1. The molecule has 4 nitrogen and oxygen atoms in total. The molecule has 1 saturated heterocycles. The Morgan fingerprint density at radius 2 is 1.96 bits per heavy atom. The van der Waals surface area contributed by atoms with Gasteiger partial charge in [-0.1, -0.05) is 36.8 Å². The first-order chi connectivity index (χ1) is 12.1. The van der Waals surface area contributed by atoms with Crippen molar-refractivity contribution < 1.29 is 4.79 Å². The van der Waals surface area contributed by atoms with Crippen LogP contribution in [0.5, 0.6) is 0 Å². The second-order valence-electron chi connectivity index (χ2n) is 7.11. The average molecular weight is 353 g/mol. The molecule has 0 aliphatic carbocycles. The predicted octanol–water partition coefficient (Wildman–Crippen LogP) is 4.17. The average Bonchev–Trinajstić information content (AvgIpc) is 3.18. The highest BCUT2D eigenvalue weighted by Gasteiger charge is 2.21. The first kappa shape index (κ1) is 16.3. The quantitative estimate of drug-likeness (QED) is 0.709. The number of amides is 1. The summed E-state index contributed by atoms with van der Waals surface area (Å²) in [5.74, 6) is 0.972. The molecular weight excluding hydrogens is 330 g/mol. The van der Waals surface area contributed by atoms with E-state index >= 15 is 0 Å². The van der Waals surface area contributed by atoms with E-state index in [1.165, 1.54) is 5.56 Å². The van der Waals surface area contributed by atoms with Crippen LogP contribution in [0.15, 0.2) is 35.8 Å². The third-order valence-corrected chi connectivity index (χ3v) is 5.99. The smallest absolute Gasteiger partial charge is 0.228 e. The highest BCUT2D eigenvalue weighted by molar-refractivity contribution is 7.15. The number of imidazole rings is 1. The van der Waals surface area contributed by atoms with Crippen LogP contribution in [0.2, 0.25) is 0 Å². The van der Waals surface area contributed by atoms with Crippen LogP contribution in [0, 0.1) is 12.8 Å². The fourth-order valence-corrected chi connectivity index (χ4v) is 4.22. The lowest BCUT2D eigenvalue weighted by Crippen LogP contribution is -2.38. The van der Waals surface area contributed by atoms with E-state index in [-0.39, 0.29) is 5.91 Å². The van der Waals surface area contributed by atoms with Crippen LogP contribution in [-0.4, -0.2) is 33.3 Å². The summed E-state index contributed by atoms with van der Waals surface area (Å²) in [6.45, 7) is 6.14. The van der Waals surface area contributed by atoms with E-state index in [9.17, 15) is 4.79 Å². The fourth-order valence-electron chi connectivity index (χ4n) is 3.34. The molecule has 2 aromatic heterocycles. The highest BCUT2D eigenvalue weighted by Crippen LogP contribution is 2.25. The predicted molar refractivity (Wildman–Crippen MR) is 102 cm³/mol. The Hall–Kier alpha value is -2.14. The molecular formula is C20H23N3OS. The molecule has 0 bridgehead atoms. The molecule has 0 saturated carbocycles. The molecule has 0 unspecified atom stereocenters. The monoisotopic (exact) mass is 353 g/mol. The van der Waals surface area contributed by atoms with Crippen LogP contribution >= 0.6 is 11.3 Å². The lowest BCUT2D eigenvalue weighted by Gasteiger charge is -2.30. The number of rotatable bonds is 3. The summed E-state index contributed by atoms with van der Waals surface area (Å²) in [5, 5.41) is 2.06. The maximum absolute atomic E-state index is 12.6. The van der Waals surface area contributed by atoms with Crippen molar-refractivity contribution in [1.29, 1.82) is 0 Å². The summed E-state index contributed by atoms with van der Waals surface area (Å²) in [6, 6.07) is 8.40. The van der Waals surface area contributed by atoms with Gasteiger partial charge in [0, 0.05) is 35.9 Å². The standard InChI is InChI=1S/C20H23N3OS/c1-14-3-5-16(6-4-14)18-12-23-17(13-25-20(23)21-18)11-19(24)22-9-7-15(2)8-10-22/h3-6,12-13,15H,7-11H2,1-2H3. The zero-order chi connectivity index (χ0) is 17.4. The normalized spacial score (nSPS) is 15.8. The van der Waals surface area contributed by atoms with Crippen molar-refractivity contribution in [3.8, 4) is 11.3 Å². The van der Waals surface area contributed by atoms with Crippen LogP contribution in [0.1, 0.15) is 31.0 Å². The number of nitrogens with zero attached hydrogens (tertiary/aromatic N) is 3. The molecule has 5 heteroatoms. The van der Waals surface area contributed by atoms with Crippen molar-refractivity contribution in [3.05, 3.63) is 47.1 Å². The number of likely N-dealkylation sites (tertiary alicyclic amines) is 1. The number of carbonyl (C=O) groups excluding carboxylic acids is 1. The Labute approximate surface area is 152 Å². The van der Waals surface area contributed by atoms with Crippen molar-refractivity contribution in [2.75, 3.05) is 13.1 Å². The van der Waals surface area contributed by atoms with Gasteiger partial charge in [-0.15, -0.1) is 11.3 Å². The van der Waals surface area contributed by atoms with Crippen molar-refractivity contribution in [3.63, 3.8) is 0 Å². The van der Waals surface area contributed by atoms with Gasteiger partial charge in [-0.3, -0.25) is 9.20 Å². The molecule has 3 aromatic rings. The van der Waals surface area contributed by atoms with Gasteiger partial charge in [-0.25, -0.2) is 4.98 Å². The van der Waals surface area contributed by atoms with E-state index in [0.717, 1.165) is 53.8 Å². The second kappa shape index (κ2) is 6.64. The van der Waals surface area contributed by atoms with E-state index in [4.69, 9.17) is 4.98 Å². The van der Waals surface area contributed by atoms with E-state index in [2.05, 4.69) is 54.1 Å². The molecule has 1 fully saturated rings. The Morgan fingerprint density at radius 3 is 2.68 bits per heavy atom. The summed E-state index contributed by atoms with van der Waals surface area (Å²) >= 11 is 1.60.